The van der Waals surface area contributed by atoms with E-state index in [-0.39, 0.29) is 0 Å². The average molecular weight is 377 g/mol. The van der Waals surface area contributed by atoms with E-state index in [9.17, 15) is 0 Å². The Bertz CT molecular complexity index is 685. The number of hydrogen-bond donors (Lipinski definition) is 1. The van der Waals surface area contributed by atoms with E-state index < -0.39 is 0 Å². The molecule has 1 N–H and O–H groups in total. The maximum atomic E-state index is 5.58. The van der Waals surface area contributed by atoms with Gasteiger partial charge in [-0.2, -0.15) is 0 Å². The summed E-state index contributed by atoms with van der Waals surface area (Å²) in [4.78, 5) is 11.4. The minimum absolute atomic E-state index is 0.555. The largest absolute Gasteiger partial charge is 0.491 e. The number of hydrogen-bond acceptors (Lipinski definition) is 5. The molecule has 0 aliphatic heterocycles. The van der Waals surface area contributed by atoms with Crippen molar-refractivity contribution in [2.75, 3.05) is 33.9 Å². The number of nitrogens with zero attached hydrogens (tertiary/aromatic N) is 3. The van der Waals surface area contributed by atoms with Crippen LogP contribution in [-0.4, -0.2) is 49.8 Å². The molecule has 7 heteroatoms. The Morgan fingerprint density at radius 3 is 2.65 bits per heavy atom. The van der Waals surface area contributed by atoms with Gasteiger partial charge in [0, 0.05) is 26.1 Å². The maximum absolute atomic E-state index is 5.58. The molecule has 142 valence electrons. The van der Waals surface area contributed by atoms with Gasteiger partial charge in [0.25, 0.3) is 0 Å². The van der Waals surface area contributed by atoms with Crippen LogP contribution in [0.4, 0.5) is 0 Å². The molecule has 0 saturated carbocycles. The van der Waals surface area contributed by atoms with Gasteiger partial charge in [0.2, 0.25) is 0 Å². The van der Waals surface area contributed by atoms with E-state index in [2.05, 4.69) is 27.5 Å². The van der Waals surface area contributed by atoms with Crippen molar-refractivity contribution in [2.24, 2.45) is 4.99 Å². The summed E-state index contributed by atoms with van der Waals surface area (Å²) in [7, 11) is 3.70. The van der Waals surface area contributed by atoms with Crippen LogP contribution in [-0.2, 0) is 17.8 Å². The molecule has 1 aromatic carbocycles. The van der Waals surface area contributed by atoms with Crippen molar-refractivity contribution in [1.29, 1.82) is 0 Å². The Balaban J connectivity index is 1.94. The predicted octanol–water partition coefficient (Wildman–Crippen LogP) is 3.07. The van der Waals surface area contributed by atoms with E-state index in [0.29, 0.717) is 19.8 Å². The van der Waals surface area contributed by atoms with E-state index in [4.69, 9.17) is 14.5 Å². The summed E-state index contributed by atoms with van der Waals surface area (Å²) in [6.07, 6.45) is 0. The molecule has 0 unspecified atom stereocenters. The molecule has 0 spiro atoms. The molecule has 2 rings (SSSR count). The monoisotopic (exact) mass is 376 g/mol. The van der Waals surface area contributed by atoms with Crippen molar-refractivity contribution in [3.05, 3.63) is 45.9 Å². The van der Waals surface area contributed by atoms with Gasteiger partial charge in [-0.3, -0.25) is 0 Å². The Hall–Kier alpha value is -2.12. The summed E-state index contributed by atoms with van der Waals surface area (Å²) in [6.45, 7) is 7.41. The summed E-state index contributed by atoms with van der Waals surface area (Å²) < 4.78 is 10.6. The Morgan fingerprint density at radius 2 is 2.04 bits per heavy atom. The zero-order valence-electron chi connectivity index (χ0n) is 16.0. The molecule has 0 fully saturated rings. The molecule has 1 aromatic heterocycles. The van der Waals surface area contributed by atoms with Gasteiger partial charge in [-0.15, -0.1) is 11.3 Å². The fourth-order valence-electron chi connectivity index (χ4n) is 2.37. The molecule has 0 amide bonds. The third kappa shape index (κ3) is 6.65. The quantitative estimate of drug-likeness (QED) is 0.414. The maximum Gasteiger partial charge on any atom is 0.194 e. The van der Waals surface area contributed by atoms with Crippen LogP contribution >= 0.6 is 11.3 Å². The number of aromatic nitrogens is 1. The van der Waals surface area contributed by atoms with Gasteiger partial charge in [0.1, 0.15) is 12.4 Å². The summed E-state index contributed by atoms with van der Waals surface area (Å²) in [5.41, 5.74) is 2.20. The molecule has 26 heavy (non-hydrogen) atoms. The highest BCUT2D eigenvalue weighted by Gasteiger charge is 2.08. The lowest BCUT2D eigenvalue weighted by molar-refractivity contribution is 0.146. The van der Waals surface area contributed by atoms with Crippen molar-refractivity contribution in [3.63, 3.8) is 0 Å². The van der Waals surface area contributed by atoms with Gasteiger partial charge in [-0.25, -0.2) is 9.98 Å². The first-order valence-corrected chi connectivity index (χ1v) is 9.61. The number of benzene rings is 1. The van der Waals surface area contributed by atoms with E-state index >= 15 is 0 Å². The lowest BCUT2D eigenvalue weighted by atomic mass is 10.2. The van der Waals surface area contributed by atoms with Gasteiger partial charge < -0.3 is 19.7 Å². The van der Waals surface area contributed by atoms with E-state index in [1.165, 1.54) is 0 Å². The third-order valence-electron chi connectivity index (χ3n) is 3.65. The van der Waals surface area contributed by atoms with Crippen molar-refractivity contribution in [2.45, 2.75) is 26.9 Å². The zero-order chi connectivity index (χ0) is 18.8. The van der Waals surface area contributed by atoms with Gasteiger partial charge in [-0.1, -0.05) is 12.1 Å². The number of guanidine groups is 1. The van der Waals surface area contributed by atoms with Crippen LogP contribution in [0.2, 0.25) is 0 Å². The van der Waals surface area contributed by atoms with Crippen molar-refractivity contribution in [3.8, 4) is 5.75 Å². The van der Waals surface area contributed by atoms with Crippen LogP contribution in [0.15, 0.2) is 34.6 Å². The highest BCUT2D eigenvalue weighted by Crippen LogP contribution is 2.13. The van der Waals surface area contributed by atoms with Crippen LogP contribution in [0.3, 0.4) is 0 Å². The summed E-state index contributed by atoms with van der Waals surface area (Å²) in [6, 6.07) is 8.02. The second-order valence-corrected chi connectivity index (χ2v) is 6.93. The SMILES string of the molecule is CCNC(=NCc1ccc(OCCOC)cc1)N(C)Cc1csc(C)n1. The van der Waals surface area contributed by atoms with Gasteiger partial charge >= 0.3 is 0 Å². The number of aryl methyl sites for hydroxylation is 1. The number of ether oxygens (including phenoxy) is 2. The zero-order valence-corrected chi connectivity index (χ0v) is 16.8. The highest BCUT2D eigenvalue weighted by molar-refractivity contribution is 7.09. The summed E-state index contributed by atoms with van der Waals surface area (Å²) >= 11 is 1.67. The summed E-state index contributed by atoms with van der Waals surface area (Å²) in [5, 5.41) is 6.52. The molecular formula is C19H28N4O2S. The molecule has 0 bridgehead atoms. The van der Waals surface area contributed by atoms with Gasteiger partial charge in [0.05, 0.1) is 30.4 Å². The van der Waals surface area contributed by atoms with Gasteiger partial charge in [-0.05, 0) is 31.5 Å². The van der Waals surface area contributed by atoms with E-state index in [1.54, 1.807) is 18.4 Å². The standard InChI is InChI=1S/C19H28N4O2S/c1-5-20-19(23(3)13-17-14-26-15(2)22-17)21-12-16-6-8-18(9-7-16)25-11-10-24-4/h6-9,14H,5,10-13H2,1-4H3,(H,20,21). The molecule has 1 heterocycles. The molecule has 0 aliphatic carbocycles. The van der Waals surface area contributed by atoms with Crippen molar-refractivity contribution in [1.82, 2.24) is 15.2 Å². The summed E-state index contributed by atoms with van der Waals surface area (Å²) in [5.74, 6) is 1.72. The smallest absolute Gasteiger partial charge is 0.194 e. The average Bonchev–Trinajstić information content (AvgIpc) is 3.04. The molecule has 6 nitrogen and oxygen atoms in total. The number of methoxy groups -OCH3 is 1. The molecule has 2 aromatic rings. The first-order chi connectivity index (χ1) is 12.6. The van der Waals surface area contributed by atoms with Crippen LogP contribution in [0.5, 0.6) is 5.75 Å². The molecular weight excluding hydrogens is 348 g/mol. The van der Waals surface area contributed by atoms with Crippen molar-refractivity contribution < 1.29 is 9.47 Å². The number of rotatable bonds is 9. The third-order valence-corrected chi connectivity index (χ3v) is 4.48. The topological polar surface area (TPSA) is 59.0 Å². The van der Waals surface area contributed by atoms with Crippen LogP contribution in [0, 0.1) is 6.92 Å². The van der Waals surface area contributed by atoms with Crippen LogP contribution in [0.25, 0.3) is 0 Å². The number of thiazole rings is 1. The minimum Gasteiger partial charge on any atom is -0.491 e. The first-order valence-electron chi connectivity index (χ1n) is 8.73. The molecule has 0 radical (unpaired) electrons. The lowest BCUT2D eigenvalue weighted by Crippen LogP contribution is -2.38. The molecule has 0 atom stereocenters. The Morgan fingerprint density at radius 1 is 1.27 bits per heavy atom. The first kappa shape index (κ1) is 20.2. The fourth-order valence-corrected chi connectivity index (χ4v) is 2.97. The van der Waals surface area contributed by atoms with Crippen LogP contribution < -0.4 is 10.1 Å². The van der Waals surface area contributed by atoms with Crippen molar-refractivity contribution >= 4 is 17.3 Å². The van der Waals surface area contributed by atoms with Gasteiger partial charge in [0.15, 0.2) is 5.96 Å². The van der Waals surface area contributed by atoms with E-state index in [1.807, 2.05) is 38.2 Å². The predicted molar refractivity (Wildman–Crippen MR) is 107 cm³/mol. The number of aliphatic imine (C=N–C) groups is 1. The molecule has 0 aliphatic rings. The fraction of sp³-hybridized carbons (Fsp3) is 0.474. The second kappa shape index (κ2) is 10.8. The Labute approximate surface area is 159 Å². The lowest BCUT2D eigenvalue weighted by Gasteiger charge is -2.21. The minimum atomic E-state index is 0.555. The molecule has 0 saturated heterocycles. The second-order valence-electron chi connectivity index (χ2n) is 5.87. The normalized spacial score (nSPS) is 11.5. The number of nitrogens with one attached hydrogen (secondary N) is 1. The van der Waals surface area contributed by atoms with E-state index in [0.717, 1.165) is 41.1 Å². The highest BCUT2D eigenvalue weighted by atomic mass is 32.1. The Kier molecular flexibility index (Phi) is 8.37. The van der Waals surface area contributed by atoms with Crippen LogP contribution in [0.1, 0.15) is 23.2 Å².